The van der Waals surface area contributed by atoms with Crippen LogP contribution in [0.4, 0.5) is 0 Å². The molecule has 0 saturated carbocycles. The van der Waals surface area contributed by atoms with Crippen molar-refractivity contribution in [3.05, 3.63) is 62.2 Å². The average Bonchev–Trinajstić information content (AvgIpc) is 3.01. The molecule has 0 saturated heterocycles. The van der Waals surface area contributed by atoms with Gasteiger partial charge in [-0.15, -0.1) is 11.3 Å². The zero-order chi connectivity index (χ0) is 16.5. The lowest BCUT2D eigenvalue weighted by Gasteiger charge is -2.26. The first-order chi connectivity index (χ1) is 11.7. The van der Waals surface area contributed by atoms with Gasteiger partial charge in [0, 0.05) is 48.5 Å². The number of aryl methyl sites for hydroxylation is 1. The Morgan fingerprint density at radius 2 is 2.17 bits per heavy atom. The Bertz CT molecular complexity index is 918. The van der Waals surface area contributed by atoms with Crippen molar-refractivity contribution in [2.75, 3.05) is 6.54 Å². The standard InChI is InChI=1S/C17H17N5OS/c1-11-8-19-15(24-11)10-22-7-4-14-13(9-22)17(23)21-16(20-14)12-2-5-18-6-3-12/h2-3,5-6,8H,4,7,9-10H2,1H3,(H,20,21,23). The maximum Gasteiger partial charge on any atom is 0.255 e. The number of H-pyrrole nitrogens is 1. The highest BCUT2D eigenvalue weighted by Crippen LogP contribution is 2.21. The first-order valence-electron chi connectivity index (χ1n) is 7.85. The van der Waals surface area contributed by atoms with Crippen molar-refractivity contribution >= 4 is 11.3 Å². The van der Waals surface area contributed by atoms with E-state index in [1.54, 1.807) is 23.7 Å². The molecule has 3 aromatic heterocycles. The van der Waals surface area contributed by atoms with Crippen LogP contribution in [-0.2, 0) is 19.5 Å². The summed E-state index contributed by atoms with van der Waals surface area (Å²) in [6.07, 6.45) is 6.08. The molecule has 0 amide bonds. The predicted octanol–water partition coefficient (Wildman–Crippen LogP) is 2.16. The fourth-order valence-electron chi connectivity index (χ4n) is 2.93. The minimum absolute atomic E-state index is 0.0492. The number of thiazole rings is 1. The van der Waals surface area contributed by atoms with E-state index in [-0.39, 0.29) is 5.56 Å². The van der Waals surface area contributed by atoms with Gasteiger partial charge in [-0.05, 0) is 19.1 Å². The lowest BCUT2D eigenvalue weighted by atomic mass is 10.1. The van der Waals surface area contributed by atoms with Crippen LogP contribution in [0.5, 0.6) is 0 Å². The summed E-state index contributed by atoms with van der Waals surface area (Å²) >= 11 is 1.71. The number of hydrogen-bond donors (Lipinski definition) is 1. The Labute approximate surface area is 143 Å². The maximum atomic E-state index is 12.5. The third kappa shape index (κ3) is 3.00. The summed E-state index contributed by atoms with van der Waals surface area (Å²) < 4.78 is 0. The second-order valence-corrected chi connectivity index (χ2v) is 7.22. The average molecular weight is 339 g/mol. The summed E-state index contributed by atoms with van der Waals surface area (Å²) in [5, 5.41) is 1.09. The molecule has 1 N–H and O–H groups in total. The molecule has 6 nitrogen and oxygen atoms in total. The molecule has 122 valence electrons. The van der Waals surface area contributed by atoms with Gasteiger partial charge in [0.15, 0.2) is 0 Å². The van der Waals surface area contributed by atoms with Crippen LogP contribution in [0.1, 0.15) is 21.1 Å². The molecule has 0 fully saturated rings. The number of nitrogens with zero attached hydrogens (tertiary/aromatic N) is 4. The molecule has 0 unspecified atom stereocenters. The highest BCUT2D eigenvalue weighted by Gasteiger charge is 2.22. The molecule has 24 heavy (non-hydrogen) atoms. The zero-order valence-electron chi connectivity index (χ0n) is 13.3. The number of rotatable bonds is 3. The molecule has 0 aliphatic carbocycles. The molecule has 1 aliphatic heterocycles. The molecule has 3 aromatic rings. The molecule has 4 heterocycles. The van der Waals surface area contributed by atoms with Crippen LogP contribution >= 0.6 is 11.3 Å². The molecule has 4 rings (SSSR count). The molecule has 0 radical (unpaired) electrons. The van der Waals surface area contributed by atoms with E-state index >= 15 is 0 Å². The number of aromatic nitrogens is 4. The van der Waals surface area contributed by atoms with Crippen LogP contribution in [0.25, 0.3) is 11.4 Å². The Hall–Kier alpha value is -2.38. The van der Waals surface area contributed by atoms with E-state index in [9.17, 15) is 4.79 Å². The quantitative estimate of drug-likeness (QED) is 0.791. The van der Waals surface area contributed by atoms with Crippen molar-refractivity contribution in [3.63, 3.8) is 0 Å². The van der Waals surface area contributed by atoms with Crippen molar-refractivity contribution < 1.29 is 0 Å². The van der Waals surface area contributed by atoms with Gasteiger partial charge in [0.2, 0.25) is 0 Å². The summed E-state index contributed by atoms with van der Waals surface area (Å²) in [5.41, 5.74) is 2.50. The van der Waals surface area contributed by atoms with E-state index in [1.165, 1.54) is 4.88 Å². The fraction of sp³-hybridized carbons (Fsp3) is 0.294. The van der Waals surface area contributed by atoms with Crippen molar-refractivity contribution in [1.29, 1.82) is 0 Å². The number of aromatic amines is 1. The van der Waals surface area contributed by atoms with Gasteiger partial charge in [-0.2, -0.15) is 0 Å². The Morgan fingerprint density at radius 3 is 2.92 bits per heavy atom. The van der Waals surface area contributed by atoms with Gasteiger partial charge < -0.3 is 4.98 Å². The van der Waals surface area contributed by atoms with Crippen LogP contribution in [-0.4, -0.2) is 31.4 Å². The maximum absolute atomic E-state index is 12.5. The highest BCUT2D eigenvalue weighted by atomic mass is 32.1. The second kappa shape index (κ2) is 6.26. The van der Waals surface area contributed by atoms with Crippen LogP contribution < -0.4 is 5.56 Å². The smallest absolute Gasteiger partial charge is 0.255 e. The Morgan fingerprint density at radius 1 is 1.33 bits per heavy atom. The Balaban J connectivity index is 1.59. The summed E-state index contributed by atoms with van der Waals surface area (Å²) in [6.45, 7) is 4.34. The number of fused-ring (bicyclic) bond motifs is 1. The number of pyridine rings is 1. The molecular weight excluding hydrogens is 322 g/mol. The van der Waals surface area contributed by atoms with Gasteiger partial charge in [0.1, 0.15) is 10.8 Å². The molecule has 1 aliphatic rings. The van der Waals surface area contributed by atoms with Gasteiger partial charge in [0.05, 0.1) is 17.8 Å². The van der Waals surface area contributed by atoms with E-state index in [0.29, 0.717) is 12.4 Å². The van der Waals surface area contributed by atoms with E-state index in [2.05, 4.69) is 31.8 Å². The van der Waals surface area contributed by atoms with Gasteiger partial charge in [0.25, 0.3) is 5.56 Å². The molecule has 0 spiro atoms. The lowest BCUT2D eigenvalue weighted by Crippen LogP contribution is -2.35. The largest absolute Gasteiger partial charge is 0.306 e. The highest BCUT2D eigenvalue weighted by molar-refractivity contribution is 7.11. The first-order valence-corrected chi connectivity index (χ1v) is 8.67. The number of nitrogens with one attached hydrogen (secondary N) is 1. The van der Waals surface area contributed by atoms with E-state index in [0.717, 1.165) is 41.3 Å². The van der Waals surface area contributed by atoms with E-state index < -0.39 is 0 Å². The molecule has 0 atom stereocenters. The zero-order valence-corrected chi connectivity index (χ0v) is 14.1. The lowest BCUT2D eigenvalue weighted by molar-refractivity contribution is 0.241. The van der Waals surface area contributed by atoms with E-state index in [4.69, 9.17) is 0 Å². The third-order valence-electron chi connectivity index (χ3n) is 4.13. The van der Waals surface area contributed by atoms with Crippen molar-refractivity contribution in [3.8, 4) is 11.4 Å². The number of hydrogen-bond acceptors (Lipinski definition) is 6. The minimum atomic E-state index is -0.0492. The van der Waals surface area contributed by atoms with Crippen LogP contribution in [0.15, 0.2) is 35.5 Å². The van der Waals surface area contributed by atoms with Crippen molar-refractivity contribution in [2.45, 2.75) is 26.4 Å². The van der Waals surface area contributed by atoms with E-state index in [1.807, 2.05) is 18.3 Å². The molecule has 0 bridgehead atoms. The van der Waals surface area contributed by atoms with Gasteiger partial charge in [-0.3, -0.25) is 14.7 Å². The van der Waals surface area contributed by atoms with Crippen LogP contribution in [0.3, 0.4) is 0 Å². The summed E-state index contributed by atoms with van der Waals surface area (Å²) in [5.74, 6) is 0.616. The summed E-state index contributed by atoms with van der Waals surface area (Å²) in [4.78, 5) is 32.0. The SMILES string of the molecule is Cc1cnc(CN2CCc3nc(-c4ccncc4)[nH]c(=O)c3C2)s1. The third-order valence-corrected chi connectivity index (χ3v) is 5.03. The topological polar surface area (TPSA) is 74.8 Å². The van der Waals surface area contributed by atoms with Gasteiger partial charge in [-0.25, -0.2) is 9.97 Å². The van der Waals surface area contributed by atoms with Crippen molar-refractivity contribution in [2.24, 2.45) is 0 Å². The monoisotopic (exact) mass is 339 g/mol. The van der Waals surface area contributed by atoms with Gasteiger partial charge in [-0.1, -0.05) is 0 Å². The molecular formula is C17H17N5OS. The molecule has 0 aromatic carbocycles. The molecule has 7 heteroatoms. The normalized spacial score (nSPS) is 14.5. The fourth-order valence-corrected chi connectivity index (χ4v) is 3.76. The van der Waals surface area contributed by atoms with Crippen molar-refractivity contribution in [1.82, 2.24) is 24.8 Å². The summed E-state index contributed by atoms with van der Waals surface area (Å²) in [7, 11) is 0. The first kappa shape index (κ1) is 15.2. The Kier molecular flexibility index (Phi) is 3.95. The predicted molar refractivity (Wildman–Crippen MR) is 92.8 cm³/mol. The summed E-state index contributed by atoms with van der Waals surface area (Å²) in [6, 6.07) is 3.70. The van der Waals surface area contributed by atoms with Crippen LogP contribution in [0.2, 0.25) is 0 Å². The minimum Gasteiger partial charge on any atom is -0.306 e. The van der Waals surface area contributed by atoms with Gasteiger partial charge >= 0.3 is 0 Å². The van der Waals surface area contributed by atoms with Crippen LogP contribution in [0, 0.1) is 6.92 Å². The second-order valence-electron chi connectivity index (χ2n) is 5.90.